The van der Waals surface area contributed by atoms with Gasteiger partial charge in [-0.15, -0.1) is 0 Å². The summed E-state index contributed by atoms with van der Waals surface area (Å²) in [4.78, 5) is 15.3. The molecule has 0 radical (unpaired) electrons. The zero-order valence-corrected chi connectivity index (χ0v) is 21.2. The van der Waals surface area contributed by atoms with Gasteiger partial charge < -0.3 is 29.2 Å². The van der Waals surface area contributed by atoms with E-state index in [0.717, 1.165) is 39.7 Å². The molecule has 0 fully saturated rings. The van der Waals surface area contributed by atoms with E-state index in [1.54, 1.807) is 6.07 Å². The van der Waals surface area contributed by atoms with Crippen molar-refractivity contribution >= 4 is 22.4 Å². The lowest BCUT2D eigenvalue weighted by Gasteiger charge is -2.39. The van der Waals surface area contributed by atoms with E-state index in [0.29, 0.717) is 28.6 Å². The number of hydrogen-bond acceptors (Lipinski definition) is 6. The second kappa shape index (κ2) is 9.00. The Balaban J connectivity index is 1.53. The molecule has 0 saturated carbocycles. The number of hydrogen-bond donors (Lipinski definition) is 1. The van der Waals surface area contributed by atoms with E-state index in [4.69, 9.17) is 18.9 Å². The monoisotopic (exact) mass is 536 g/mol. The first-order chi connectivity index (χ1) is 18.7. The maximum absolute atomic E-state index is 13.4. The van der Waals surface area contributed by atoms with Crippen LogP contribution in [0.4, 0.5) is 18.9 Å². The highest BCUT2D eigenvalue weighted by molar-refractivity contribution is 6.06. The van der Waals surface area contributed by atoms with E-state index >= 15 is 0 Å². The van der Waals surface area contributed by atoms with Crippen LogP contribution in [0.5, 0.6) is 23.0 Å². The fourth-order valence-electron chi connectivity index (χ4n) is 5.29. The Labute approximate surface area is 221 Å². The number of nitrogens with zero attached hydrogens (tertiary/aromatic N) is 1. The SMILES string of the molecule is COc1ccc2c(c1OC)C(NC(=O)c1cccc(C(F)(F)F)c1)N(C)c1c-2ccc2cc3c(cc12)OCO3. The van der Waals surface area contributed by atoms with Gasteiger partial charge in [0.2, 0.25) is 6.79 Å². The summed E-state index contributed by atoms with van der Waals surface area (Å²) >= 11 is 0. The molecule has 1 unspecified atom stereocenters. The second-order valence-corrected chi connectivity index (χ2v) is 9.22. The highest BCUT2D eigenvalue weighted by Gasteiger charge is 2.36. The van der Waals surface area contributed by atoms with Gasteiger partial charge in [-0.25, -0.2) is 0 Å². The lowest BCUT2D eigenvalue weighted by Crippen LogP contribution is -2.42. The molecule has 6 rings (SSSR count). The third kappa shape index (κ3) is 3.94. The van der Waals surface area contributed by atoms with E-state index in [2.05, 4.69) is 5.32 Å². The first-order valence-electron chi connectivity index (χ1n) is 12.0. The first kappa shape index (κ1) is 24.7. The number of methoxy groups -OCH3 is 2. The highest BCUT2D eigenvalue weighted by Crippen LogP contribution is 2.53. The van der Waals surface area contributed by atoms with Gasteiger partial charge in [0.15, 0.2) is 23.0 Å². The van der Waals surface area contributed by atoms with Crippen molar-refractivity contribution in [3.05, 3.63) is 77.4 Å². The molecule has 2 heterocycles. The number of anilines is 1. The van der Waals surface area contributed by atoms with Crippen LogP contribution in [0, 0.1) is 0 Å². The van der Waals surface area contributed by atoms with E-state index in [1.165, 1.54) is 26.4 Å². The predicted molar refractivity (Wildman–Crippen MR) is 139 cm³/mol. The molecule has 4 aromatic carbocycles. The van der Waals surface area contributed by atoms with Crippen molar-refractivity contribution in [1.82, 2.24) is 5.32 Å². The minimum Gasteiger partial charge on any atom is -0.493 e. The molecular formula is C29H23F3N2O5. The van der Waals surface area contributed by atoms with Crippen LogP contribution in [0.3, 0.4) is 0 Å². The molecule has 4 aromatic rings. The smallest absolute Gasteiger partial charge is 0.416 e. The number of halogens is 3. The van der Waals surface area contributed by atoms with Crippen molar-refractivity contribution in [2.45, 2.75) is 12.3 Å². The molecule has 0 aliphatic carbocycles. The van der Waals surface area contributed by atoms with Crippen LogP contribution in [-0.2, 0) is 6.18 Å². The first-order valence-corrected chi connectivity index (χ1v) is 12.0. The zero-order chi connectivity index (χ0) is 27.5. The molecule has 39 heavy (non-hydrogen) atoms. The molecular weight excluding hydrogens is 513 g/mol. The third-order valence-corrected chi connectivity index (χ3v) is 7.09. The van der Waals surface area contributed by atoms with Gasteiger partial charge in [0.1, 0.15) is 6.17 Å². The summed E-state index contributed by atoms with van der Waals surface area (Å²) in [6.45, 7) is 0.124. The normalized spacial score (nSPS) is 15.5. The van der Waals surface area contributed by atoms with Gasteiger partial charge in [-0.1, -0.05) is 18.2 Å². The quantitative estimate of drug-likeness (QED) is 0.338. The molecule has 0 spiro atoms. The number of benzene rings is 4. The Morgan fingerprint density at radius 3 is 2.44 bits per heavy atom. The fraction of sp³-hybridized carbons (Fsp3) is 0.207. The Morgan fingerprint density at radius 1 is 0.974 bits per heavy atom. The van der Waals surface area contributed by atoms with Crippen molar-refractivity contribution in [1.29, 1.82) is 0 Å². The maximum atomic E-state index is 13.4. The average molecular weight is 537 g/mol. The largest absolute Gasteiger partial charge is 0.493 e. The predicted octanol–water partition coefficient (Wildman–Crippen LogP) is 6.15. The lowest BCUT2D eigenvalue weighted by molar-refractivity contribution is -0.137. The molecule has 0 bridgehead atoms. The highest BCUT2D eigenvalue weighted by atomic mass is 19.4. The van der Waals surface area contributed by atoms with Crippen LogP contribution in [0.2, 0.25) is 0 Å². The number of ether oxygens (including phenoxy) is 4. The summed E-state index contributed by atoms with van der Waals surface area (Å²) in [6, 6.07) is 15.7. The standard InChI is InChI=1S/C29H23F3N2O5/c1-34-25-19(8-7-15-12-22-23(13-20(15)25)39-14-38-22)18-9-10-21(36-2)26(37-3)24(18)27(34)33-28(35)16-5-4-6-17(11-16)29(30,31)32/h4-13,27H,14H2,1-3H3,(H,33,35). The van der Waals surface area contributed by atoms with Crippen LogP contribution in [0.15, 0.2) is 60.7 Å². The van der Waals surface area contributed by atoms with Gasteiger partial charge in [-0.05, 0) is 53.4 Å². The molecule has 200 valence electrons. The summed E-state index contributed by atoms with van der Waals surface area (Å²) in [5, 5.41) is 4.69. The zero-order valence-electron chi connectivity index (χ0n) is 21.2. The molecule has 7 nitrogen and oxygen atoms in total. The lowest BCUT2D eigenvalue weighted by atomic mass is 9.87. The Bertz CT molecular complexity index is 1640. The maximum Gasteiger partial charge on any atom is 0.416 e. The Hall–Kier alpha value is -4.60. The number of carbonyl (C=O) groups excluding carboxylic acids is 1. The molecule has 2 aliphatic rings. The van der Waals surface area contributed by atoms with Crippen molar-refractivity contribution in [3.8, 4) is 34.1 Å². The van der Waals surface area contributed by atoms with Gasteiger partial charge in [-0.3, -0.25) is 4.79 Å². The minimum atomic E-state index is -4.58. The van der Waals surface area contributed by atoms with Gasteiger partial charge in [0, 0.05) is 29.1 Å². The number of rotatable bonds is 4. The number of alkyl halides is 3. The van der Waals surface area contributed by atoms with Crippen LogP contribution in [0.1, 0.15) is 27.7 Å². The van der Waals surface area contributed by atoms with Gasteiger partial charge in [-0.2, -0.15) is 13.2 Å². The van der Waals surface area contributed by atoms with E-state index < -0.39 is 23.8 Å². The number of fused-ring (bicyclic) bond motifs is 6. The van der Waals surface area contributed by atoms with Crippen molar-refractivity contribution in [3.63, 3.8) is 0 Å². The number of nitrogens with one attached hydrogen (secondary N) is 1. The van der Waals surface area contributed by atoms with Gasteiger partial charge >= 0.3 is 6.18 Å². The average Bonchev–Trinajstić information content (AvgIpc) is 3.39. The van der Waals surface area contributed by atoms with Crippen LogP contribution >= 0.6 is 0 Å². The van der Waals surface area contributed by atoms with E-state index in [1.807, 2.05) is 42.3 Å². The Kier molecular flexibility index (Phi) is 5.71. The summed E-state index contributed by atoms with van der Waals surface area (Å²) in [5.74, 6) is 1.44. The second-order valence-electron chi connectivity index (χ2n) is 9.22. The van der Waals surface area contributed by atoms with Crippen molar-refractivity contribution in [2.24, 2.45) is 0 Å². The van der Waals surface area contributed by atoms with Gasteiger partial charge in [0.25, 0.3) is 5.91 Å². The third-order valence-electron chi connectivity index (χ3n) is 7.09. The van der Waals surface area contributed by atoms with Crippen LogP contribution in [-0.4, -0.2) is 34.0 Å². The molecule has 0 saturated heterocycles. The van der Waals surface area contributed by atoms with Crippen LogP contribution < -0.4 is 29.2 Å². The number of amides is 1. The summed E-state index contributed by atoms with van der Waals surface area (Å²) < 4.78 is 62.5. The molecule has 0 aromatic heterocycles. The summed E-state index contributed by atoms with van der Waals surface area (Å²) in [5.41, 5.74) is 2.07. The summed E-state index contributed by atoms with van der Waals surface area (Å²) in [6.07, 6.45) is -5.39. The van der Waals surface area contributed by atoms with Crippen molar-refractivity contribution < 1.29 is 36.9 Å². The van der Waals surface area contributed by atoms with Crippen molar-refractivity contribution in [2.75, 3.05) is 33.0 Å². The van der Waals surface area contributed by atoms with Crippen LogP contribution in [0.25, 0.3) is 21.9 Å². The Morgan fingerprint density at radius 2 is 1.72 bits per heavy atom. The molecule has 2 aliphatic heterocycles. The molecule has 1 atom stereocenters. The molecule has 10 heteroatoms. The van der Waals surface area contributed by atoms with E-state index in [-0.39, 0.29) is 12.4 Å². The summed E-state index contributed by atoms with van der Waals surface area (Å²) in [7, 11) is 4.82. The number of carbonyl (C=O) groups is 1. The fourth-order valence-corrected chi connectivity index (χ4v) is 5.29. The molecule has 1 amide bonds. The topological polar surface area (TPSA) is 69.3 Å². The van der Waals surface area contributed by atoms with Gasteiger partial charge in [0.05, 0.1) is 25.5 Å². The van der Waals surface area contributed by atoms with E-state index in [9.17, 15) is 18.0 Å². The minimum absolute atomic E-state index is 0.117. The molecule has 1 N–H and O–H groups in total.